The highest BCUT2D eigenvalue weighted by molar-refractivity contribution is 5.57. The molecule has 5 nitrogen and oxygen atoms in total. The Morgan fingerprint density at radius 1 is 1.33 bits per heavy atom. The molecule has 0 aliphatic carbocycles. The number of H-pyrrole nitrogens is 1. The van der Waals surface area contributed by atoms with Gasteiger partial charge in [-0.05, 0) is 19.2 Å². The molecule has 2 aromatic rings. The van der Waals surface area contributed by atoms with Crippen molar-refractivity contribution in [3.8, 4) is 11.3 Å². The highest BCUT2D eigenvalue weighted by Gasteiger charge is 2.15. The van der Waals surface area contributed by atoms with E-state index in [2.05, 4.69) is 33.1 Å². The summed E-state index contributed by atoms with van der Waals surface area (Å²) < 4.78 is 5.61. The molecule has 1 fully saturated rings. The van der Waals surface area contributed by atoms with Crippen molar-refractivity contribution in [2.24, 2.45) is 0 Å². The molecule has 5 heteroatoms. The first kappa shape index (κ1) is 11.5. The molecule has 1 saturated heterocycles. The summed E-state index contributed by atoms with van der Waals surface area (Å²) in [7, 11) is 2.17. The van der Waals surface area contributed by atoms with Crippen LogP contribution in [0.2, 0.25) is 0 Å². The van der Waals surface area contributed by atoms with E-state index < -0.39 is 0 Å². The predicted octanol–water partition coefficient (Wildman–Crippen LogP) is 1.42. The lowest BCUT2D eigenvalue weighted by Crippen LogP contribution is -2.43. The molecule has 0 saturated carbocycles. The predicted molar refractivity (Wildman–Crippen MR) is 69.1 cm³/mol. The molecular formula is C13H18N4O. The minimum Gasteiger partial charge on any atom is -0.467 e. The smallest absolute Gasteiger partial charge is 0.118 e. The van der Waals surface area contributed by atoms with Gasteiger partial charge in [-0.3, -0.25) is 10.00 Å². The zero-order valence-electron chi connectivity index (χ0n) is 10.6. The van der Waals surface area contributed by atoms with Gasteiger partial charge >= 0.3 is 0 Å². The fourth-order valence-electron chi connectivity index (χ4n) is 2.25. The van der Waals surface area contributed by atoms with Crippen molar-refractivity contribution in [2.75, 3.05) is 33.2 Å². The Kier molecular flexibility index (Phi) is 3.17. The third kappa shape index (κ3) is 2.47. The van der Waals surface area contributed by atoms with Crippen LogP contribution in [0.4, 0.5) is 0 Å². The average Bonchev–Trinajstić information content (AvgIpc) is 3.02. The number of rotatable bonds is 3. The van der Waals surface area contributed by atoms with E-state index in [4.69, 9.17) is 4.42 Å². The maximum atomic E-state index is 5.61. The second-order valence-electron chi connectivity index (χ2n) is 4.85. The summed E-state index contributed by atoms with van der Waals surface area (Å²) in [6.45, 7) is 5.37. The summed E-state index contributed by atoms with van der Waals surface area (Å²) in [5.41, 5.74) is 2.07. The molecule has 1 aliphatic heterocycles. The Morgan fingerprint density at radius 2 is 2.17 bits per heavy atom. The topological polar surface area (TPSA) is 48.3 Å². The maximum absolute atomic E-state index is 5.61. The van der Waals surface area contributed by atoms with Crippen molar-refractivity contribution in [3.63, 3.8) is 0 Å². The van der Waals surface area contributed by atoms with Crippen LogP contribution < -0.4 is 0 Å². The fraction of sp³-hybridized carbons (Fsp3) is 0.462. The lowest BCUT2D eigenvalue weighted by molar-refractivity contribution is 0.140. The molecule has 0 unspecified atom stereocenters. The summed E-state index contributed by atoms with van der Waals surface area (Å²) in [5, 5.41) is 6.90. The number of aromatic amines is 1. The van der Waals surface area contributed by atoms with E-state index in [0.717, 1.165) is 49.7 Å². The monoisotopic (exact) mass is 246 g/mol. The molecule has 3 heterocycles. The molecule has 3 rings (SSSR count). The zero-order valence-corrected chi connectivity index (χ0v) is 10.6. The number of nitrogens with zero attached hydrogens (tertiary/aromatic N) is 3. The van der Waals surface area contributed by atoms with Gasteiger partial charge in [0.15, 0.2) is 0 Å². The van der Waals surface area contributed by atoms with E-state index in [1.165, 1.54) is 0 Å². The number of piperazine rings is 1. The Morgan fingerprint density at radius 3 is 2.89 bits per heavy atom. The third-order valence-corrected chi connectivity index (χ3v) is 3.44. The summed E-state index contributed by atoms with van der Waals surface area (Å²) in [6, 6.07) is 4.04. The summed E-state index contributed by atoms with van der Waals surface area (Å²) >= 11 is 0. The van der Waals surface area contributed by atoms with E-state index in [9.17, 15) is 0 Å². The Balaban J connectivity index is 1.64. The van der Waals surface area contributed by atoms with E-state index in [1.807, 2.05) is 6.07 Å². The molecule has 0 atom stereocenters. The van der Waals surface area contributed by atoms with E-state index >= 15 is 0 Å². The minimum absolute atomic E-state index is 0.891. The number of aromatic nitrogens is 2. The Hall–Kier alpha value is -1.59. The van der Waals surface area contributed by atoms with Crippen LogP contribution in [0.1, 0.15) is 5.76 Å². The van der Waals surface area contributed by atoms with Gasteiger partial charge in [-0.1, -0.05) is 0 Å². The standard InChI is InChI=1S/C13H18N4O/c1-16-4-6-17(7-5-16)9-12-8-11(10-18-12)13-2-3-14-15-13/h2-3,8,10H,4-7,9H2,1H3,(H,14,15). The normalized spacial score (nSPS) is 18.3. The lowest BCUT2D eigenvalue weighted by atomic mass is 10.2. The van der Waals surface area contributed by atoms with Crippen LogP contribution in [-0.2, 0) is 6.54 Å². The minimum atomic E-state index is 0.891. The molecule has 0 radical (unpaired) electrons. The molecule has 1 N–H and O–H groups in total. The van der Waals surface area contributed by atoms with Crippen LogP contribution in [0, 0.1) is 0 Å². The van der Waals surface area contributed by atoms with E-state index in [0.29, 0.717) is 0 Å². The van der Waals surface area contributed by atoms with Crippen LogP contribution >= 0.6 is 0 Å². The fourth-order valence-corrected chi connectivity index (χ4v) is 2.25. The number of likely N-dealkylation sites (N-methyl/N-ethyl adjacent to an activating group) is 1. The largest absolute Gasteiger partial charge is 0.467 e. The van der Waals surface area contributed by atoms with Gasteiger partial charge in [0.05, 0.1) is 12.2 Å². The first-order valence-corrected chi connectivity index (χ1v) is 6.29. The highest BCUT2D eigenvalue weighted by Crippen LogP contribution is 2.20. The van der Waals surface area contributed by atoms with Crippen LogP contribution in [0.3, 0.4) is 0 Å². The highest BCUT2D eigenvalue weighted by atomic mass is 16.3. The third-order valence-electron chi connectivity index (χ3n) is 3.44. The van der Waals surface area contributed by atoms with Gasteiger partial charge < -0.3 is 9.32 Å². The van der Waals surface area contributed by atoms with Gasteiger partial charge in [0.2, 0.25) is 0 Å². The summed E-state index contributed by atoms with van der Waals surface area (Å²) in [5.74, 6) is 1.02. The van der Waals surface area contributed by atoms with E-state index in [-0.39, 0.29) is 0 Å². The van der Waals surface area contributed by atoms with Crippen molar-refractivity contribution in [1.29, 1.82) is 0 Å². The molecule has 1 aliphatic rings. The lowest BCUT2D eigenvalue weighted by Gasteiger charge is -2.31. The molecule has 2 aromatic heterocycles. The molecule has 0 aromatic carbocycles. The Labute approximate surface area is 106 Å². The van der Waals surface area contributed by atoms with Crippen LogP contribution in [0.25, 0.3) is 11.3 Å². The second kappa shape index (κ2) is 4.96. The quantitative estimate of drug-likeness (QED) is 0.889. The van der Waals surface area contributed by atoms with Gasteiger partial charge in [0.1, 0.15) is 12.0 Å². The van der Waals surface area contributed by atoms with Crippen molar-refractivity contribution in [3.05, 3.63) is 30.4 Å². The first-order chi connectivity index (χ1) is 8.81. The van der Waals surface area contributed by atoms with Gasteiger partial charge in [-0.15, -0.1) is 0 Å². The average molecular weight is 246 g/mol. The molecule has 18 heavy (non-hydrogen) atoms. The molecule has 96 valence electrons. The molecule has 0 bridgehead atoms. The SMILES string of the molecule is CN1CCN(Cc2cc(-c3ccn[nH]3)co2)CC1. The van der Waals surface area contributed by atoms with Crippen molar-refractivity contribution in [2.45, 2.75) is 6.54 Å². The molecule has 0 spiro atoms. The Bertz CT molecular complexity index is 483. The summed E-state index contributed by atoms with van der Waals surface area (Å²) in [4.78, 5) is 4.78. The first-order valence-electron chi connectivity index (χ1n) is 6.29. The number of hydrogen-bond donors (Lipinski definition) is 1. The zero-order chi connectivity index (χ0) is 12.4. The van der Waals surface area contributed by atoms with Crippen LogP contribution in [0.15, 0.2) is 29.0 Å². The second-order valence-corrected chi connectivity index (χ2v) is 4.85. The van der Waals surface area contributed by atoms with Crippen LogP contribution in [-0.4, -0.2) is 53.2 Å². The van der Waals surface area contributed by atoms with Crippen molar-refractivity contribution < 1.29 is 4.42 Å². The maximum Gasteiger partial charge on any atom is 0.118 e. The van der Waals surface area contributed by atoms with E-state index in [1.54, 1.807) is 12.5 Å². The summed E-state index contributed by atoms with van der Waals surface area (Å²) in [6.07, 6.45) is 3.54. The van der Waals surface area contributed by atoms with Gasteiger partial charge in [-0.25, -0.2) is 0 Å². The molecule has 0 amide bonds. The van der Waals surface area contributed by atoms with Crippen molar-refractivity contribution in [1.82, 2.24) is 20.0 Å². The number of nitrogens with one attached hydrogen (secondary N) is 1. The van der Waals surface area contributed by atoms with Gasteiger partial charge in [0.25, 0.3) is 0 Å². The molecular weight excluding hydrogens is 228 g/mol. The van der Waals surface area contributed by atoms with Gasteiger partial charge in [0, 0.05) is 37.9 Å². The van der Waals surface area contributed by atoms with Crippen molar-refractivity contribution >= 4 is 0 Å². The number of hydrogen-bond acceptors (Lipinski definition) is 4. The number of furan rings is 1. The van der Waals surface area contributed by atoms with Gasteiger partial charge in [-0.2, -0.15) is 5.10 Å². The van der Waals surface area contributed by atoms with Crippen LogP contribution in [0.5, 0.6) is 0 Å².